The quantitative estimate of drug-likeness (QED) is 0.493. The third-order valence-electron chi connectivity index (χ3n) is 6.15. The van der Waals surface area contributed by atoms with Gasteiger partial charge >= 0.3 is 0 Å². The number of aryl methyl sites for hydroxylation is 1. The molecule has 0 unspecified atom stereocenters. The lowest BCUT2D eigenvalue weighted by molar-refractivity contribution is 0.259. The van der Waals surface area contributed by atoms with Crippen molar-refractivity contribution in [2.75, 3.05) is 19.7 Å². The number of likely N-dealkylation sites (tertiary alicyclic amines) is 1. The first-order valence-corrected chi connectivity index (χ1v) is 13.5. The van der Waals surface area contributed by atoms with Crippen LogP contribution in [0.15, 0.2) is 27.9 Å². The van der Waals surface area contributed by atoms with Gasteiger partial charge < -0.3 is 9.72 Å². The molecule has 2 aromatic heterocycles. The number of aromatic nitrogens is 4. The van der Waals surface area contributed by atoms with Crippen LogP contribution in [0.2, 0.25) is 0 Å². The summed E-state index contributed by atoms with van der Waals surface area (Å²) in [5.74, 6) is 0.759. The lowest BCUT2D eigenvalue weighted by Gasteiger charge is -2.15. The molecule has 184 valence electrons. The Labute approximate surface area is 200 Å². The molecule has 0 saturated carbocycles. The number of ether oxygens (including phenoxy) is 1. The van der Waals surface area contributed by atoms with Crippen molar-refractivity contribution in [3.8, 4) is 17.1 Å². The lowest BCUT2D eigenvalue weighted by Crippen LogP contribution is -2.25. The van der Waals surface area contributed by atoms with Crippen LogP contribution in [0.25, 0.3) is 22.4 Å². The highest BCUT2D eigenvalue weighted by molar-refractivity contribution is 7.92. The van der Waals surface area contributed by atoms with Gasteiger partial charge in [0.1, 0.15) is 17.1 Å². The van der Waals surface area contributed by atoms with Crippen LogP contribution >= 0.6 is 0 Å². The molecular formula is C24H33N5O4S. The SMILES string of the molecule is CCCOc1ccc(S(=O)(=O)C(C)C)cc1-c1nc2c(CC)nn(CN3CCCC3)c2c(=O)[nH]1. The van der Waals surface area contributed by atoms with Crippen molar-refractivity contribution in [3.05, 3.63) is 34.2 Å². The lowest BCUT2D eigenvalue weighted by atomic mass is 10.1. The third kappa shape index (κ3) is 4.61. The number of hydrogen-bond donors (Lipinski definition) is 1. The van der Waals surface area contributed by atoms with Gasteiger partial charge in [-0.25, -0.2) is 18.1 Å². The number of fused-ring (bicyclic) bond motifs is 1. The highest BCUT2D eigenvalue weighted by Crippen LogP contribution is 2.32. The summed E-state index contributed by atoms with van der Waals surface area (Å²) in [7, 11) is -3.52. The van der Waals surface area contributed by atoms with Crippen molar-refractivity contribution in [1.82, 2.24) is 24.6 Å². The van der Waals surface area contributed by atoms with E-state index in [1.165, 1.54) is 0 Å². The highest BCUT2D eigenvalue weighted by atomic mass is 32.2. The zero-order valence-corrected chi connectivity index (χ0v) is 21.1. The number of aromatic amines is 1. The number of H-pyrrole nitrogens is 1. The standard InChI is InChI=1S/C24H33N5O4S/c1-5-13-33-20-10-9-17(34(31,32)16(3)4)14-18(20)23-25-21-19(6-2)27-29(22(21)24(30)26-23)15-28-11-7-8-12-28/h9-10,14,16H,5-8,11-13,15H2,1-4H3,(H,25,26,30). The van der Waals surface area contributed by atoms with E-state index in [-0.39, 0.29) is 16.3 Å². The Morgan fingerprint density at radius 1 is 1.18 bits per heavy atom. The Kier molecular flexibility index (Phi) is 7.09. The summed E-state index contributed by atoms with van der Waals surface area (Å²) in [6.07, 6.45) is 3.71. The maximum atomic E-state index is 13.3. The molecule has 9 nitrogen and oxygen atoms in total. The van der Waals surface area contributed by atoms with Crippen LogP contribution in [0.5, 0.6) is 5.75 Å². The zero-order valence-electron chi connectivity index (χ0n) is 20.3. The van der Waals surface area contributed by atoms with E-state index in [9.17, 15) is 13.2 Å². The van der Waals surface area contributed by atoms with E-state index >= 15 is 0 Å². The van der Waals surface area contributed by atoms with Gasteiger partial charge in [0.15, 0.2) is 15.4 Å². The Bertz CT molecular complexity index is 1340. The van der Waals surface area contributed by atoms with Crippen LogP contribution in [0, 0.1) is 0 Å². The van der Waals surface area contributed by atoms with Crippen molar-refractivity contribution < 1.29 is 13.2 Å². The summed E-state index contributed by atoms with van der Waals surface area (Å²) in [4.78, 5) is 23.4. The summed E-state index contributed by atoms with van der Waals surface area (Å²) in [6.45, 7) is 10.2. The molecule has 0 bridgehead atoms. The first-order chi connectivity index (χ1) is 16.3. The minimum absolute atomic E-state index is 0.171. The minimum Gasteiger partial charge on any atom is -0.493 e. The molecule has 1 aliphatic rings. The Morgan fingerprint density at radius 3 is 2.56 bits per heavy atom. The summed E-state index contributed by atoms with van der Waals surface area (Å²) in [5, 5.41) is 4.11. The van der Waals surface area contributed by atoms with E-state index in [0.717, 1.165) is 38.0 Å². The van der Waals surface area contributed by atoms with E-state index in [2.05, 4.69) is 15.0 Å². The molecule has 0 aliphatic carbocycles. The molecule has 1 fully saturated rings. The number of sulfone groups is 1. The Balaban J connectivity index is 1.87. The molecular weight excluding hydrogens is 454 g/mol. The fraction of sp³-hybridized carbons (Fsp3) is 0.542. The smallest absolute Gasteiger partial charge is 0.277 e. The van der Waals surface area contributed by atoms with Crippen LogP contribution in [0.1, 0.15) is 52.7 Å². The summed E-state index contributed by atoms with van der Waals surface area (Å²) >= 11 is 0. The van der Waals surface area contributed by atoms with Crippen LogP contribution in [-0.4, -0.2) is 58.0 Å². The zero-order chi connectivity index (χ0) is 24.5. The minimum atomic E-state index is -3.52. The number of nitrogens with one attached hydrogen (secondary N) is 1. The van der Waals surface area contributed by atoms with Crippen molar-refractivity contribution in [3.63, 3.8) is 0 Å². The first kappa shape index (κ1) is 24.4. The van der Waals surface area contributed by atoms with Crippen molar-refractivity contribution in [2.24, 2.45) is 0 Å². The second-order valence-electron chi connectivity index (χ2n) is 8.98. The van der Waals surface area contributed by atoms with Gasteiger partial charge in [0.05, 0.1) is 34.7 Å². The molecule has 4 rings (SSSR count). The van der Waals surface area contributed by atoms with Gasteiger partial charge in [-0.2, -0.15) is 5.10 Å². The second-order valence-corrected chi connectivity index (χ2v) is 11.5. The van der Waals surface area contributed by atoms with Crippen molar-refractivity contribution >= 4 is 20.9 Å². The summed E-state index contributed by atoms with van der Waals surface area (Å²) < 4.78 is 33.3. The molecule has 1 saturated heterocycles. The fourth-order valence-electron chi connectivity index (χ4n) is 4.21. The van der Waals surface area contributed by atoms with Crippen LogP contribution in [0.3, 0.4) is 0 Å². The molecule has 0 atom stereocenters. The number of benzene rings is 1. The van der Waals surface area contributed by atoms with E-state index in [0.29, 0.717) is 42.0 Å². The molecule has 0 radical (unpaired) electrons. The van der Waals surface area contributed by atoms with Gasteiger partial charge in [0.25, 0.3) is 5.56 Å². The van der Waals surface area contributed by atoms with Gasteiger partial charge in [-0.1, -0.05) is 13.8 Å². The van der Waals surface area contributed by atoms with Crippen LogP contribution in [-0.2, 0) is 22.9 Å². The summed E-state index contributed by atoms with van der Waals surface area (Å²) in [6, 6.07) is 4.73. The molecule has 0 spiro atoms. The number of rotatable bonds is 9. The molecule has 3 aromatic rings. The van der Waals surface area contributed by atoms with Crippen LogP contribution < -0.4 is 10.3 Å². The monoisotopic (exact) mass is 487 g/mol. The van der Waals surface area contributed by atoms with Gasteiger partial charge in [-0.05, 0) is 70.8 Å². The van der Waals surface area contributed by atoms with Gasteiger partial charge in [-0.3, -0.25) is 9.69 Å². The molecule has 34 heavy (non-hydrogen) atoms. The first-order valence-electron chi connectivity index (χ1n) is 12.0. The normalized spacial score (nSPS) is 15.0. The van der Waals surface area contributed by atoms with E-state index < -0.39 is 15.1 Å². The second kappa shape index (κ2) is 9.87. The van der Waals surface area contributed by atoms with Crippen molar-refractivity contribution in [2.45, 2.75) is 70.2 Å². The third-order valence-corrected chi connectivity index (χ3v) is 8.30. The molecule has 0 amide bonds. The van der Waals surface area contributed by atoms with E-state index in [1.54, 1.807) is 36.7 Å². The average molecular weight is 488 g/mol. The molecule has 10 heteroatoms. The fourth-order valence-corrected chi connectivity index (χ4v) is 5.30. The van der Waals surface area contributed by atoms with Crippen LogP contribution in [0.4, 0.5) is 0 Å². The van der Waals surface area contributed by atoms with E-state index in [4.69, 9.17) is 9.72 Å². The molecule has 3 heterocycles. The predicted molar refractivity (Wildman–Crippen MR) is 132 cm³/mol. The average Bonchev–Trinajstić information content (AvgIpc) is 3.45. The van der Waals surface area contributed by atoms with Crippen molar-refractivity contribution in [1.29, 1.82) is 0 Å². The number of hydrogen-bond acceptors (Lipinski definition) is 7. The van der Waals surface area contributed by atoms with Gasteiger partial charge in [0.2, 0.25) is 0 Å². The molecule has 1 aromatic carbocycles. The Hall–Kier alpha value is -2.72. The topological polar surface area (TPSA) is 110 Å². The largest absolute Gasteiger partial charge is 0.493 e. The maximum absolute atomic E-state index is 13.3. The van der Waals surface area contributed by atoms with E-state index in [1.807, 2.05) is 13.8 Å². The number of nitrogens with zero attached hydrogens (tertiary/aromatic N) is 4. The molecule has 1 N–H and O–H groups in total. The van der Waals surface area contributed by atoms with Gasteiger partial charge in [-0.15, -0.1) is 0 Å². The Morgan fingerprint density at radius 2 is 1.91 bits per heavy atom. The highest BCUT2D eigenvalue weighted by Gasteiger charge is 2.24. The molecule has 1 aliphatic heterocycles. The summed E-state index contributed by atoms with van der Waals surface area (Å²) in [5.41, 5.74) is 1.87. The maximum Gasteiger partial charge on any atom is 0.277 e. The van der Waals surface area contributed by atoms with Gasteiger partial charge in [0, 0.05) is 0 Å². The predicted octanol–water partition coefficient (Wildman–Crippen LogP) is 3.37.